The predicted molar refractivity (Wildman–Crippen MR) is 74.4 cm³/mol. The molecule has 0 radical (unpaired) electrons. The molecule has 96 valence electrons. The third-order valence-electron chi connectivity index (χ3n) is 3.24. The van der Waals surface area contributed by atoms with Crippen molar-refractivity contribution in [2.45, 2.75) is 31.2 Å². The first-order valence-corrected chi connectivity index (χ1v) is 6.36. The van der Waals surface area contributed by atoms with Gasteiger partial charge in [-0.25, -0.2) is 0 Å². The van der Waals surface area contributed by atoms with Crippen LogP contribution in [0.15, 0.2) is 49.1 Å². The highest BCUT2D eigenvalue weighted by Gasteiger charge is 2.26. The van der Waals surface area contributed by atoms with Crippen LogP contribution in [0.1, 0.15) is 18.4 Å². The third kappa shape index (κ3) is 3.56. The first kappa shape index (κ1) is 13.1. The summed E-state index contributed by atoms with van der Waals surface area (Å²) in [7, 11) is 1.76. The van der Waals surface area contributed by atoms with Crippen LogP contribution in [-0.4, -0.2) is 25.4 Å². The lowest BCUT2D eigenvalue weighted by atomic mass is 10.00. The van der Waals surface area contributed by atoms with Gasteiger partial charge in [0, 0.05) is 20.0 Å². The van der Waals surface area contributed by atoms with Crippen LogP contribution in [0.2, 0.25) is 0 Å². The first-order chi connectivity index (χ1) is 8.81. The zero-order valence-corrected chi connectivity index (χ0v) is 10.8. The maximum atomic E-state index is 5.90. The molecule has 3 atom stereocenters. The molecule has 2 rings (SSSR count). The Morgan fingerprint density at radius 1 is 1.22 bits per heavy atom. The molecule has 1 fully saturated rings. The minimum absolute atomic E-state index is 0.0918. The van der Waals surface area contributed by atoms with Crippen molar-refractivity contribution in [3.8, 4) is 0 Å². The van der Waals surface area contributed by atoms with E-state index in [2.05, 4.69) is 30.9 Å². The van der Waals surface area contributed by atoms with Crippen LogP contribution in [0, 0.1) is 0 Å². The monoisotopic (exact) mass is 244 g/mol. The Hall–Kier alpha value is -1.38. The van der Waals surface area contributed by atoms with Crippen molar-refractivity contribution in [3.05, 3.63) is 54.6 Å². The van der Waals surface area contributed by atoms with Gasteiger partial charge in [-0.1, -0.05) is 48.6 Å². The van der Waals surface area contributed by atoms with E-state index < -0.39 is 0 Å². The Kier molecular flexibility index (Phi) is 4.73. The van der Waals surface area contributed by atoms with Crippen LogP contribution in [0.4, 0.5) is 0 Å². The molecule has 0 unspecified atom stereocenters. The van der Waals surface area contributed by atoms with Crippen molar-refractivity contribution in [1.82, 2.24) is 0 Å². The lowest BCUT2D eigenvalue weighted by Gasteiger charge is -2.31. The van der Waals surface area contributed by atoms with E-state index in [1.807, 2.05) is 24.3 Å². The minimum Gasteiger partial charge on any atom is -0.381 e. The summed E-state index contributed by atoms with van der Waals surface area (Å²) in [5, 5.41) is 0. The maximum Gasteiger partial charge on any atom is 0.0791 e. The molecule has 1 aliphatic rings. The second-order valence-electron chi connectivity index (χ2n) is 4.55. The van der Waals surface area contributed by atoms with Crippen molar-refractivity contribution in [3.63, 3.8) is 0 Å². The van der Waals surface area contributed by atoms with Crippen LogP contribution >= 0.6 is 0 Å². The number of ether oxygens (including phenoxy) is 2. The van der Waals surface area contributed by atoms with Crippen molar-refractivity contribution < 1.29 is 9.47 Å². The molecule has 0 saturated carbocycles. The van der Waals surface area contributed by atoms with Gasteiger partial charge in [-0.3, -0.25) is 0 Å². The summed E-state index contributed by atoms with van der Waals surface area (Å²) in [4.78, 5) is 0. The van der Waals surface area contributed by atoms with E-state index in [-0.39, 0.29) is 18.3 Å². The molecule has 1 heterocycles. The molecule has 1 aromatic carbocycles. The highest BCUT2D eigenvalue weighted by atomic mass is 16.5. The Morgan fingerprint density at radius 2 is 1.94 bits per heavy atom. The van der Waals surface area contributed by atoms with E-state index in [0.717, 1.165) is 12.8 Å². The lowest BCUT2D eigenvalue weighted by Crippen LogP contribution is -2.34. The standard InChI is InChI=1S/C16H20O2/c1-3-14-11-16(17-2)12-15(18-14)10-9-13-7-5-4-6-8-13/h3-10,14-16H,1,11-12H2,2H3/b10-9+/t14-,15+,16+/m0/s1. The van der Waals surface area contributed by atoms with Gasteiger partial charge >= 0.3 is 0 Å². The lowest BCUT2D eigenvalue weighted by molar-refractivity contribution is -0.0685. The van der Waals surface area contributed by atoms with E-state index in [9.17, 15) is 0 Å². The summed E-state index contributed by atoms with van der Waals surface area (Å²) >= 11 is 0. The third-order valence-corrected chi connectivity index (χ3v) is 3.24. The molecule has 2 nitrogen and oxygen atoms in total. The van der Waals surface area contributed by atoms with Gasteiger partial charge in [0.1, 0.15) is 0 Å². The Balaban J connectivity index is 1.99. The summed E-state index contributed by atoms with van der Waals surface area (Å²) in [5.41, 5.74) is 1.19. The first-order valence-electron chi connectivity index (χ1n) is 6.36. The molecule has 0 N–H and O–H groups in total. The second-order valence-corrected chi connectivity index (χ2v) is 4.55. The number of hydrogen-bond acceptors (Lipinski definition) is 2. The van der Waals surface area contributed by atoms with E-state index in [1.165, 1.54) is 5.56 Å². The van der Waals surface area contributed by atoms with Gasteiger partial charge in [0.25, 0.3) is 0 Å². The van der Waals surface area contributed by atoms with Crippen molar-refractivity contribution in [2.24, 2.45) is 0 Å². The predicted octanol–water partition coefficient (Wildman–Crippen LogP) is 3.45. The van der Waals surface area contributed by atoms with E-state index in [1.54, 1.807) is 7.11 Å². The fourth-order valence-electron chi connectivity index (χ4n) is 2.20. The van der Waals surface area contributed by atoms with Crippen molar-refractivity contribution in [2.75, 3.05) is 7.11 Å². The summed E-state index contributed by atoms with van der Waals surface area (Å²) in [6.45, 7) is 3.80. The van der Waals surface area contributed by atoms with E-state index >= 15 is 0 Å². The highest BCUT2D eigenvalue weighted by molar-refractivity contribution is 5.49. The molecule has 0 bridgehead atoms. The van der Waals surface area contributed by atoms with Gasteiger partial charge in [-0.2, -0.15) is 0 Å². The largest absolute Gasteiger partial charge is 0.381 e. The summed E-state index contributed by atoms with van der Waals surface area (Å²) in [5.74, 6) is 0. The van der Waals surface area contributed by atoms with Gasteiger partial charge in [0.15, 0.2) is 0 Å². The Bertz CT molecular complexity index is 397. The zero-order chi connectivity index (χ0) is 12.8. The molecular formula is C16H20O2. The van der Waals surface area contributed by atoms with Crippen molar-refractivity contribution >= 4 is 6.08 Å². The number of hydrogen-bond donors (Lipinski definition) is 0. The normalized spacial score (nSPS) is 28.4. The molecule has 2 heteroatoms. The molecular weight excluding hydrogens is 224 g/mol. The molecule has 1 aliphatic heterocycles. The molecule has 0 amide bonds. The van der Waals surface area contributed by atoms with Crippen LogP contribution < -0.4 is 0 Å². The topological polar surface area (TPSA) is 18.5 Å². The second kappa shape index (κ2) is 6.53. The van der Waals surface area contributed by atoms with Crippen LogP contribution in [0.3, 0.4) is 0 Å². The number of methoxy groups -OCH3 is 1. The Morgan fingerprint density at radius 3 is 2.61 bits per heavy atom. The number of benzene rings is 1. The van der Waals surface area contributed by atoms with Crippen LogP contribution in [0.25, 0.3) is 6.08 Å². The average Bonchev–Trinajstić information content (AvgIpc) is 2.45. The summed E-state index contributed by atoms with van der Waals surface area (Å²) < 4.78 is 11.3. The van der Waals surface area contributed by atoms with E-state index in [4.69, 9.17) is 9.47 Å². The molecule has 0 aromatic heterocycles. The SMILES string of the molecule is C=C[C@H]1C[C@@H](OC)C[C@@H](/C=C/c2ccccc2)O1. The van der Waals surface area contributed by atoms with Crippen molar-refractivity contribution in [1.29, 1.82) is 0 Å². The number of rotatable bonds is 4. The van der Waals surface area contributed by atoms with Gasteiger partial charge in [0.2, 0.25) is 0 Å². The highest BCUT2D eigenvalue weighted by Crippen LogP contribution is 2.23. The Labute approximate surface area is 109 Å². The zero-order valence-electron chi connectivity index (χ0n) is 10.8. The maximum absolute atomic E-state index is 5.90. The van der Waals surface area contributed by atoms with Gasteiger partial charge in [-0.15, -0.1) is 6.58 Å². The minimum atomic E-state index is 0.0918. The fourth-order valence-corrected chi connectivity index (χ4v) is 2.20. The summed E-state index contributed by atoms with van der Waals surface area (Å²) in [6.07, 6.45) is 8.32. The quantitative estimate of drug-likeness (QED) is 0.755. The molecule has 1 aromatic rings. The van der Waals surface area contributed by atoms with Gasteiger partial charge < -0.3 is 9.47 Å². The van der Waals surface area contributed by atoms with Gasteiger partial charge in [0.05, 0.1) is 18.3 Å². The molecule has 1 saturated heterocycles. The molecule has 0 spiro atoms. The summed E-state index contributed by atoms with van der Waals surface area (Å²) in [6, 6.07) is 10.2. The van der Waals surface area contributed by atoms with E-state index in [0.29, 0.717) is 0 Å². The van der Waals surface area contributed by atoms with Crippen LogP contribution in [-0.2, 0) is 9.47 Å². The molecule has 0 aliphatic carbocycles. The molecule has 18 heavy (non-hydrogen) atoms. The van der Waals surface area contributed by atoms with Crippen LogP contribution in [0.5, 0.6) is 0 Å². The fraction of sp³-hybridized carbons (Fsp3) is 0.375. The average molecular weight is 244 g/mol. The van der Waals surface area contributed by atoms with Gasteiger partial charge in [-0.05, 0) is 5.56 Å². The smallest absolute Gasteiger partial charge is 0.0791 e.